The molecule has 1 fully saturated rings. The maximum atomic E-state index is 13.1. The molecule has 1 atom stereocenters. The molecule has 3 rings (SSSR count). The van der Waals surface area contributed by atoms with Gasteiger partial charge in [0.15, 0.2) is 5.82 Å². The molecule has 1 saturated heterocycles. The predicted octanol–water partition coefficient (Wildman–Crippen LogP) is 2.36. The molecule has 0 aliphatic carbocycles. The Morgan fingerprint density at radius 2 is 2.05 bits per heavy atom. The number of nitrogens with zero attached hydrogens (tertiary/aromatic N) is 2. The van der Waals surface area contributed by atoms with E-state index in [1.807, 2.05) is 0 Å². The summed E-state index contributed by atoms with van der Waals surface area (Å²) < 4.78 is 31.3. The standard InChI is InChI=1S/C13H13F2N3O/c14-9-4-8(5-10(15)7-9)6-12-17-13(19-18-12)11-2-1-3-16-11/h4-5,7,11,16H,1-3,6H2/t11-/m0/s1. The van der Waals surface area contributed by atoms with Crippen molar-refractivity contribution in [1.29, 1.82) is 0 Å². The van der Waals surface area contributed by atoms with E-state index >= 15 is 0 Å². The monoisotopic (exact) mass is 265 g/mol. The third-order valence-electron chi connectivity index (χ3n) is 3.13. The SMILES string of the molecule is Fc1cc(F)cc(Cc2noc([C@@H]3CCCN3)n2)c1. The van der Waals surface area contributed by atoms with E-state index in [1.165, 1.54) is 12.1 Å². The van der Waals surface area contributed by atoms with Crippen molar-refractivity contribution in [2.75, 3.05) is 6.54 Å². The van der Waals surface area contributed by atoms with E-state index in [0.717, 1.165) is 25.5 Å². The molecule has 0 saturated carbocycles. The highest BCUT2D eigenvalue weighted by Gasteiger charge is 2.22. The van der Waals surface area contributed by atoms with Gasteiger partial charge in [-0.05, 0) is 37.1 Å². The lowest BCUT2D eigenvalue weighted by Gasteiger charge is -2.01. The van der Waals surface area contributed by atoms with Crippen LogP contribution in [0.1, 0.15) is 36.2 Å². The Balaban J connectivity index is 1.76. The van der Waals surface area contributed by atoms with Crippen molar-refractivity contribution in [3.63, 3.8) is 0 Å². The lowest BCUT2D eigenvalue weighted by molar-refractivity contribution is 0.341. The zero-order valence-corrected chi connectivity index (χ0v) is 10.2. The van der Waals surface area contributed by atoms with Crippen molar-refractivity contribution in [3.8, 4) is 0 Å². The van der Waals surface area contributed by atoms with Crippen molar-refractivity contribution in [2.45, 2.75) is 25.3 Å². The summed E-state index contributed by atoms with van der Waals surface area (Å²) in [4.78, 5) is 4.26. The molecule has 1 aromatic heterocycles. The highest BCUT2D eigenvalue weighted by atomic mass is 19.1. The van der Waals surface area contributed by atoms with Gasteiger partial charge in [-0.3, -0.25) is 0 Å². The van der Waals surface area contributed by atoms with Crippen LogP contribution in [-0.4, -0.2) is 16.7 Å². The number of rotatable bonds is 3. The van der Waals surface area contributed by atoms with Crippen LogP contribution in [0.25, 0.3) is 0 Å². The molecular weight excluding hydrogens is 252 g/mol. The van der Waals surface area contributed by atoms with Gasteiger partial charge >= 0.3 is 0 Å². The van der Waals surface area contributed by atoms with Gasteiger partial charge < -0.3 is 9.84 Å². The van der Waals surface area contributed by atoms with E-state index < -0.39 is 11.6 Å². The fraction of sp³-hybridized carbons (Fsp3) is 0.385. The Morgan fingerprint density at radius 3 is 2.74 bits per heavy atom. The fourth-order valence-electron chi connectivity index (χ4n) is 2.27. The van der Waals surface area contributed by atoms with E-state index in [-0.39, 0.29) is 12.5 Å². The molecule has 0 unspecified atom stereocenters. The number of aromatic nitrogens is 2. The molecule has 2 aromatic rings. The number of hydrogen-bond donors (Lipinski definition) is 1. The third-order valence-corrected chi connectivity index (χ3v) is 3.13. The topological polar surface area (TPSA) is 51.0 Å². The average molecular weight is 265 g/mol. The van der Waals surface area contributed by atoms with Gasteiger partial charge in [0.25, 0.3) is 0 Å². The summed E-state index contributed by atoms with van der Waals surface area (Å²) in [6, 6.07) is 3.48. The molecule has 1 N–H and O–H groups in total. The Labute approximate surface area is 108 Å². The minimum absolute atomic E-state index is 0.102. The number of hydrogen-bond acceptors (Lipinski definition) is 4. The van der Waals surface area contributed by atoms with E-state index in [2.05, 4.69) is 15.5 Å². The first-order valence-electron chi connectivity index (χ1n) is 6.21. The maximum Gasteiger partial charge on any atom is 0.243 e. The molecule has 1 aliphatic heterocycles. The van der Waals surface area contributed by atoms with Crippen LogP contribution in [-0.2, 0) is 6.42 Å². The van der Waals surface area contributed by atoms with Gasteiger partial charge in [0.1, 0.15) is 11.6 Å². The van der Waals surface area contributed by atoms with E-state index in [0.29, 0.717) is 17.3 Å². The normalized spacial score (nSPS) is 18.9. The molecule has 0 bridgehead atoms. The molecule has 6 heteroatoms. The van der Waals surface area contributed by atoms with Crippen molar-refractivity contribution in [1.82, 2.24) is 15.5 Å². The van der Waals surface area contributed by atoms with Crippen molar-refractivity contribution in [2.24, 2.45) is 0 Å². The van der Waals surface area contributed by atoms with Gasteiger partial charge in [-0.1, -0.05) is 5.16 Å². The molecule has 0 radical (unpaired) electrons. The number of halogens is 2. The van der Waals surface area contributed by atoms with Gasteiger partial charge in [0.05, 0.1) is 6.04 Å². The van der Waals surface area contributed by atoms with Gasteiger partial charge in [-0.15, -0.1) is 0 Å². The summed E-state index contributed by atoms with van der Waals surface area (Å²) in [6.45, 7) is 0.942. The molecule has 100 valence electrons. The second kappa shape index (κ2) is 5.05. The van der Waals surface area contributed by atoms with Crippen molar-refractivity contribution in [3.05, 3.63) is 47.1 Å². The fourth-order valence-corrected chi connectivity index (χ4v) is 2.27. The Bertz CT molecular complexity index is 559. The van der Waals surface area contributed by atoms with Gasteiger partial charge in [-0.25, -0.2) is 8.78 Å². The number of benzene rings is 1. The lowest BCUT2D eigenvalue weighted by atomic mass is 10.1. The van der Waals surface area contributed by atoms with Crippen LogP contribution < -0.4 is 5.32 Å². The summed E-state index contributed by atoms with van der Waals surface area (Å²) >= 11 is 0. The Hall–Kier alpha value is -1.82. The number of nitrogens with one attached hydrogen (secondary N) is 1. The second-order valence-corrected chi connectivity index (χ2v) is 4.65. The molecule has 1 aliphatic rings. The average Bonchev–Trinajstić information content (AvgIpc) is 2.96. The minimum Gasteiger partial charge on any atom is -0.338 e. The zero-order chi connectivity index (χ0) is 13.2. The lowest BCUT2D eigenvalue weighted by Crippen LogP contribution is -2.13. The molecule has 0 amide bonds. The van der Waals surface area contributed by atoms with Crippen LogP contribution in [0.4, 0.5) is 8.78 Å². The van der Waals surface area contributed by atoms with Crippen molar-refractivity contribution < 1.29 is 13.3 Å². The summed E-state index contributed by atoms with van der Waals surface area (Å²) in [5.74, 6) is -0.217. The van der Waals surface area contributed by atoms with Gasteiger partial charge in [-0.2, -0.15) is 4.98 Å². The first-order chi connectivity index (χ1) is 9.20. The molecule has 0 spiro atoms. The van der Waals surface area contributed by atoms with Crippen molar-refractivity contribution >= 4 is 0 Å². The largest absolute Gasteiger partial charge is 0.338 e. The smallest absolute Gasteiger partial charge is 0.243 e. The highest BCUT2D eigenvalue weighted by Crippen LogP contribution is 2.21. The maximum absolute atomic E-state index is 13.1. The molecular formula is C13H13F2N3O. The Kier molecular flexibility index (Phi) is 3.25. The van der Waals surface area contributed by atoms with E-state index in [4.69, 9.17) is 4.52 Å². The van der Waals surface area contributed by atoms with Crippen LogP contribution in [0, 0.1) is 11.6 Å². The third kappa shape index (κ3) is 2.78. The van der Waals surface area contributed by atoms with Gasteiger partial charge in [0, 0.05) is 12.5 Å². The molecule has 19 heavy (non-hydrogen) atoms. The van der Waals surface area contributed by atoms with Crippen LogP contribution >= 0.6 is 0 Å². The minimum atomic E-state index is -0.601. The van der Waals surface area contributed by atoms with Crippen LogP contribution in [0.15, 0.2) is 22.7 Å². The second-order valence-electron chi connectivity index (χ2n) is 4.65. The zero-order valence-electron chi connectivity index (χ0n) is 10.2. The summed E-state index contributed by atoms with van der Waals surface area (Å²) in [7, 11) is 0. The quantitative estimate of drug-likeness (QED) is 0.925. The molecule has 2 heterocycles. The van der Waals surface area contributed by atoms with E-state index in [1.54, 1.807) is 0 Å². The molecule has 4 nitrogen and oxygen atoms in total. The first-order valence-corrected chi connectivity index (χ1v) is 6.21. The summed E-state index contributed by atoms with van der Waals surface area (Å²) in [5, 5.41) is 7.10. The first kappa shape index (κ1) is 12.2. The summed E-state index contributed by atoms with van der Waals surface area (Å²) in [5.41, 5.74) is 0.490. The van der Waals surface area contributed by atoms with Crippen LogP contribution in [0.2, 0.25) is 0 Å². The van der Waals surface area contributed by atoms with Crippen LogP contribution in [0.5, 0.6) is 0 Å². The highest BCUT2D eigenvalue weighted by molar-refractivity contribution is 5.21. The van der Waals surface area contributed by atoms with Gasteiger partial charge in [0.2, 0.25) is 5.89 Å². The predicted molar refractivity (Wildman–Crippen MR) is 63.4 cm³/mol. The summed E-state index contributed by atoms with van der Waals surface area (Å²) in [6.07, 6.45) is 2.30. The van der Waals surface area contributed by atoms with Crippen LogP contribution in [0.3, 0.4) is 0 Å². The van der Waals surface area contributed by atoms with E-state index in [9.17, 15) is 8.78 Å². The Morgan fingerprint density at radius 1 is 1.26 bits per heavy atom. The molecule has 1 aromatic carbocycles.